The summed E-state index contributed by atoms with van der Waals surface area (Å²) in [5.74, 6) is 0.252. The molecule has 0 bridgehead atoms. The zero-order chi connectivity index (χ0) is 22.8. The normalized spacial score (nSPS) is 10.5. The summed E-state index contributed by atoms with van der Waals surface area (Å²) in [5.41, 5.74) is 0.964. The molecular weight excluding hydrogens is 428 g/mol. The van der Waals surface area contributed by atoms with Crippen molar-refractivity contribution in [2.45, 2.75) is 26.3 Å². The molecule has 0 radical (unpaired) electrons. The molecular formula is C24H26N2O5S. The Kier molecular flexibility index (Phi) is 8.62. The quantitative estimate of drug-likeness (QED) is 0.447. The van der Waals surface area contributed by atoms with Crippen LogP contribution in [0.2, 0.25) is 0 Å². The number of ether oxygens (including phenoxy) is 1. The Bertz CT molecular complexity index is 1010. The maximum Gasteiger partial charge on any atom is 0.306 e. The highest BCUT2D eigenvalue weighted by molar-refractivity contribution is 7.09. The van der Waals surface area contributed by atoms with Gasteiger partial charge in [0.25, 0.3) is 5.91 Å². The molecule has 0 unspecified atom stereocenters. The molecule has 2 heterocycles. The first-order chi connectivity index (χ1) is 15.5. The van der Waals surface area contributed by atoms with Gasteiger partial charge in [-0.3, -0.25) is 14.4 Å². The van der Waals surface area contributed by atoms with E-state index in [0.717, 1.165) is 16.2 Å². The number of amides is 2. The maximum atomic E-state index is 12.3. The summed E-state index contributed by atoms with van der Waals surface area (Å²) in [6.07, 6.45) is 0.477. The largest absolute Gasteiger partial charge is 0.461 e. The first-order valence-corrected chi connectivity index (χ1v) is 11.3. The fraction of sp³-hybridized carbons (Fsp3) is 0.292. The maximum absolute atomic E-state index is 12.3. The molecule has 2 amide bonds. The van der Waals surface area contributed by atoms with E-state index in [1.165, 1.54) is 4.90 Å². The lowest BCUT2D eigenvalue weighted by atomic mass is 10.2. The number of esters is 1. The molecule has 1 N–H and O–H groups in total. The number of furan rings is 1. The summed E-state index contributed by atoms with van der Waals surface area (Å²) >= 11 is 1.55. The van der Waals surface area contributed by atoms with Crippen LogP contribution >= 0.6 is 11.3 Å². The van der Waals surface area contributed by atoms with Crippen LogP contribution < -0.4 is 5.32 Å². The Balaban J connectivity index is 1.38. The Morgan fingerprint density at radius 3 is 2.59 bits per heavy atom. The van der Waals surface area contributed by atoms with Gasteiger partial charge in [-0.25, -0.2) is 0 Å². The summed E-state index contributed by atoms with van der Waals surface area (Å²) in [6, 6.07) is 17.2. The lowest BCUT2D eigenvalue weighted by Crippen LogP contribution is -2.42. The minimum atomic E-state index is -0.491. The van der Waals surface area contributed by atoms with Crippen LogP contribution in [-0.4, -0.2) is 42.4 Å². The second-order valence-electron chi connectivity index (χ2n) is 7.06. The molecule has 0 aliphatic carbocycles. The molecule has 8 heteroatoms. The van der Waals surface area contributed by atoms with Gasteiger partial charge in [0.05, 0.1) is 19.5 Å². The lowest BCUT2D eigenvalue weighted by Gasteiger charge is -2.20. The fourth-order valence-electron chi connectivity index (χ4n) is 3.01. The van der Waals surface area contributed by atoms with E-state index < -0.39 is 18.5 Å². The SMILES string of the molecule is CCN(CC(=O)NCc1cccs1)C(=O)COC(=O)CCc1ccc(-c2ccccc2)o1. The number of likely N-dealkylation sites (N-methyl/N-ethyl adjacent to an activating group) is 1. The van der Waals surface area contributed by atoms with Crippen molar-refractivity contribution in [2.75, 3.05) is 19.7 Å². The number of benzene rings is 1. The van der Waals surface area contributed by atoms with Crippen molar-refractivity contribution >= 4 is 29.1 Å². The van der Waals surface area contributed by atoms with Crippen LogP contribution in [0.25, 0.3) is 11.3 Å². The van der Waals surface area contributed by atoms with E-state index in [1.807, 2.05) is 60.0 Å². The topological polar surface area (TPSA) is 88.9 Å². The molecule has 0 aliphatic heterocycles. The van der Waals surface area contributed by atoms with Gasteiger partial charge < -0.3 is 19.4 Å². The van der Waals surface area contributed by atoms with Gasteiger partial charge in [-0.1, -0.05) is 36.4 Å². The summed E-state index contributed by atoms with van der Waals surface area (Å²) in [7, 11) is 0. The molecule has 168 valence electrons. The molecule has 32 heavy (non-hydrogen) atoms. The Morgan fingerprint density at radius 2 is 1.88 bits per heavy atom. The van der Waals surface area contributed by atoms with Crippen LogP contribution in [0.4, 0.5) is 0 Å². The molecule has 3 aromatic rings. The van der Waals surface area contributed by atoms with Gasteiger partial charge in [-0.05, 0) is 30.5 Å². The van der Waals surface area contributed by atoms with Crippen LogP contribution in [0.3, 0.4) is 0 Å². The average Bonchev–Trinajstić information content (AvgIpc) is 3.51. The van der Waals surface area contributed by atoms with E-state index in [4.69, 9.17) is 9.15 Å². The Morgan fingerprint density at radius 1 is 1.06 bits per heavy atom. The van der Waals surface area contributed by atoms with Gasteiger partial charge in [-0.2, -0.15) is 0 Å². The molecule has 0 fully saturated rings. The summed E-state index contributed by atoms with van der Waals surface area (Å²) < 4.78 is 10.9. The zero-order valence-corrected chi connectivity index (χ0v) is 18.7. The first-order valence-electron chi connectivity index (χ1n) is 10.4. The van der Waals surface area contributed by atoms with Crippen molar-refractivity contribution in [3.8, 4) is 11.3 Å². The van der Waals surface area contributed by atoms with Crippen LogP contribution in [0, 0.1) is 0 Å². The molecule has 0 saturated carbocycles. The van der Waals surface area contributed by atoms with Crippen molar-refractivity contribution in [2.24, 2.45) is 0 Å². The van der Waals surface area contributed by atoms with Gasteiger partial charge in [-0.15, -0.1) is 11.3 Å². The van der Waals surface area contributed by atoms with Crippen molar-refractivity contribution in [1.29, 1.82) is 0 Å². The standard InChI is InChI=1S/C24H26N2O5S/c1-2-26(16-22(27)25-15-20-9-6-14-32-20)23(28)17-30-24(29)13-11-19-10-12-21(31-19)18-7-4-3-5-8-18/h3-10,12,14H,2,11,13,15-17H2,1H3,(H,25,27). The number of hydrogen-bond donors (Lipinski definition) is 1. The number of hydrogen-bond acceptors (Lipinski definition) is 6. The van der Waals surface area contributed by atoms with E-state index in [9.17, 15) is 14.4 Å². The van der Waals surface area contributed by atoms with Crippen molar-refractivity contribution in [1.82, 2.24) is 10.2 Å². The van der Waals surface area contributed by atoms with Crippen molar-refractivity contribution < 1.29 is 23.5 Å². The van der Waals surface area contributed by atoms with Gasteiger partial charge >= 0.3 is 5.97 Å². The predicted molar refractivity (Wildman–Crippen MR) is 122 cm³/mol. The van der Waals surface area contributed by atoms with Crippen LogP contribution in [0.15, 0.2) is 64.4 Å². The van der Waals surface area contributed by atoms with Crippen LogP contribution in [0.1, 0.15) is 24.0 Å². The Hall–Kier alpha value is -3.39. The highest BCUT2D eigenvalue weighted by Gasteiger charge is 2.17. The number of thiophene rings is 1. The highest BCUT2D eigenvalue weighted by atomic mass is 32.1. The summed E-state index contributed by atoms with van der Waals surface area (Å²) in [4.78, 5) is 38.9. The van der Waals surface area contributed by atoms with Crippen LogP contribution in [0.5, 0.6) is 0 Å². The van der Waals surface area contributed by atoms with E-state index in [1.54, 1.807) is 18.3 Å². The van der Waals surface area contributed by atoms with Gasteiger partial charge in [0.1, 0.15) is 11.5 Å². The summed E-state index contributed by atoms with van der Waals surface area (Å²) in [5, 5.41) is 4.72. The van der Waals surface area contributed by atoms with Crippen molar-refractivity contribution in [3.63, 3.8) is 0 Å². The Labute approximate surface area is 191 Å². The highest BCUT2D eigenvalue weighted by Crippen LogP contribution is 2.22. The molecule has 7 nitrogen and oxygen atoms in total. The van der Waals surface area contributed by atoms with Crippen LogP contribution in [-0.2, 0) is 32.1 Å². The third-order valence-electron chi connectivity index (χ3n) is 4.76. The van der Waals surface area contributed by atoms with Crippen molar-refractivity contribution in [3.05, 3.63) is 70.6 Å². The third-order valence-corrected chi connectivity index (χ3v) is 5.64. The molecule has 0 atom stereocenters. The minimum Gasteiger partial charge on any atom is -0.461 e. The number of carbonyl (C=O) groups is 3. The number of nitrogens with one attached hydrogen (secondary N) is 1. The van der Waals surface area contributed by atoms with E-state index in [0.29, 0.717) is 25.3 Å². The average molecular weight is 455 g/mol. The predicted octanol–water partition coefficient (Wildman–Crippen LogP) is 3.65. The second-order valence-corrected chi connectivity index (χ2v) is 8.09. The van der Waals surface area contributed by atoms with E-state index in [2.05, 4.69) is 5.32 Å². The first kappa shape index (κ1) is 23.3. The fourth-order valence-corrected chi connectivity index (χ4v) is 3.65. The minimum absolute atomic E-state index is 0.0765. The summed E-state index contributed by atoms with van der Waals surface area (Å²) in [6.45, 7) is 2.08. The lowest BCUT2D eigenvalue weighted by molar-refractivity contribution is -0.152. The van der Waals surface area contributed by atoms with Gasteiger partial charge in [0.15, 0.2) is 6.61 Å². The molecule has 1 aromatic carbocycles. The zero-order valence-electron chi connectivity index (χ0n) is 17.9. The number of carbonyl (C=O) groups excluding carboxylic acids is 3. The van der Waals surface area contributed by atoms with Gasteiger partial charge in [0, 0.05) is 23.4 Å². The smallest absolute Gasteiger partial charge is 0.306 e. The monoisotopic (exact) mass is 454 g/mol. The molecule has 0 saturated heterocycles. The van der Waals surface area contributed by atoms with E-state index in [-0.39, 0.29) is 18.9 Å². The molecule has 0 aliphatic rings. The number of nitrogens with zero attached hydrogens (tertiary/aromatic N) is 1. The molecule has 0 spiro atoms. The van der Waals surface area contributed by atoms with E-state index >= 15 is 0 Å². The third kappa shape index (κ3) is 7.09. The second kappa shape index (κ2) is 11.9. The van der Waals surface area contributed by atoms with Gasteiger partial charge in [0.2, 0.25) is 5.91 Å². The number of aryl methyl sites for hydroxylation is 1. The molecule has 2 aromatic heterocycles. The molecule has 3 rings (SSSR count). The number of rotatable bonds is 11.